The van der Waals surface area contributed by atoms with Crippen LogP contribution in [-0.2, 0) is 16.4 Å². The van der Waals surface area contributed by atoms with Crippen molar-refractivity contribution in [2.24, 2.45) is 0 Å². The van der Waals surface area contributed by atoms with Crippen LogP contribution in [0.5, 0.6) is 0 Å². The zero-order valence-electron chi connectivity index (χ0n) is 9.83. The fraction of sp³-hybridized carbons (Fsp3) is 0.300. The SMILES string of the molecule is O=S(=O)(Nc1nnns1)c1ccc2c(c1)CCCN2. The summed E-state index contributed by atoms with van der Waals surface area (Å²) in [6.07, 6.45) is 1.89. The van der Waals surface area contributed by atoms with Crippen molar-refractivity contribution in [1.82, 2.24) is 14.8 Å². The van der Waals surface area contributed by atoms with E-state index in [2.05, 4.69) is 24.8 Å². The summed E-state index contributed by atoms with van der Waals surface area (Å²) in [6.45, 7) is 0.924. The number of nitrogens with one attached hydrogen (secondary N) is 2. The molecule has 0 amide bonds. The lowest BCUT2D eigenvalue weighted by Crippen LogP contribution is -2.16. The summed E-state index contributed by atoms with van der Waals surface area (Å²) in [5, 5.41) is 10.3. The van der Waals surface area contributed by atoms with Gasteiger partial charge >= 0.3 is 0 Å². The first kappa shape index (κ1) is 12.3. The second kappa shape index (κ2) is 4.74. The molecule has 0 saturated carbocycles. The molecule has 2 N–H and O–H groups in total. The minimum absolute atomic E-state index is 0.163. The van der Waals surface area contributed by atoms with Gasteiger partial charge in [-0.1, -0.05) is 9.59 Å². The largest absolute Gasteiger partial charge is 0.385 e. The Morgan fingerprint density at radius 2 is 2.26 bits per heavy atom. The van der Waals surface area contributed by atoms with E-state index in [0.717, 1.165) is 42.2 Å². The van der Waals surface area contributed by atoms with Crippen LogP contribution in [0.1, 0.15) is 12.0 Å². The van der Waals surface area contributed by atoms with Crippen molar-refractivity contribution in [3.05, 3.63) is 23.8 Å². The summed E-state index contributed by atoms with van der Waals surface area (Å²) in [5.74, 6) is 0. The summed E-state index contributed by atoms with van der Waals surface area (Å²) in [4.78, 5) is 0.227. The molecule has 0 spiro atoms. The van der Waals surface area contributed by atoms with Crippen LogP contribution < -0.4 is 10.0 Å². The maximum Gasteiger partial charge on any atom is 0.263 e. The molecule has 19 heavy (non-hydrogen) atoms. The molecule has 1 aromatic carbocycles. The van der Waals surface area contributed by atoms with Crippen LogP contribution in [0.3, 0.4) is 0 Å². The first-order chi connectivity index (χ1) is 9.15. The van der Waals surface area contributed by atoms with Crippen molar-refractivity contribution in [3.8, 4) is 0 Å². The molecular formula is C10H11N5O2S2. The number of hydrogen-bond acceptors (Lipinski definition) is 7. The number of fused-ring (bicyclic) bond motifs is 1. The highest BCUT2D eigenvalue weighted by Crippen LogP contribution is 2.25. The number of aryl methyl sites for hydroxylation is 1. The Balaban J connectivity index is 1.93. The quantitative estimate of drug-likeness (QED) is 0.880. The van der Waals surface area contributed by atoms with Crippen LogP contribution in [0, 0.1) is 0 Å². The van der Waals surface area contributed by atoms with E-state index in [0.29, 0.717) is 0 Å². The lowest BCUT2D eigenvalue weighted by atomic mass is 10.0. The first-order valence-electron chi connectivity index (χ1n) is 5.70. The third-order valence-corrected chi connectivity index (χ3v) is 4.82. The lowest BCUT2D eigenvalue weighted by Gasteiger charge is -2.18. The van der Waals surface area contributed by atoms with Gasteiger partial charge in [0, 0.05) is 23.8 Å². The van der Waals surface area contributed by atoms with E-state index in [-0.39, 0.29) is 10.0 Å². The van der Waals surface area contributed by atoms with E-state index in [1.807, 2.05) is 0 Å². The van der Waals surface area contributed by atoms with Crippen molar-refractivity contribution >= 4 is 32.4 Å². The number of benzene rings is 1. The Bertz CT molecular complexity index is 684. The van der Waals surface area contributed by atoms with Gasteiger partial charge in [0.05, 0.1) is 4.90 Å². The van der Waals surface area contributed by atoms with Crippen LogP contribution in [0.25, 0.3) is 0 Å². The topological polar surface area (TPSA) is 96.9 Å². The molecule has 100 valence electrons. The maximum atomic E-state index is 12.2. The standard InChI is InChI=1S/C10H11N5O2S2/c16-19(17,13-10-12-14-15-18-10)8-3-4-9-7(6-8)2-1-5-11-9/h3-4,6,11H,1-2,5H2,(H,12,13,15). The highest BCUT2D eigenvalue weighted by atomic mass is 32.2. The van der Waals surface area contributed by atoms with Gasteiger partial charge in [0.15, 0.2) is 0 Å². The molecule has 1 aromatic heterocycles. The molecule has 0 saturated heterocycles. The van der Waals surface area contributed by atoms with E-state index in [1.54, 1.807) is 18.2 Å². The molecule has 9 heteroatoms. The Kier molecular flexibility index (Phi) is 3.07. The normalized spacial score (nSPS) is 14.5. The molecule has 0 unspecified atom stereocenters. The molecule has 2 heterocycles. The van der Waals surface area contributed by atoms with Gasteiger partial charge in [-0.25, -0.2) is 8.42 Å². The van der Waals surface area contributed by atoms with Crippen LogP contribution in [0.4, 0.5) is 10.8 Å². The van der Waals surface area contributed by atoms with Gasteiger partial charge in [0.25, 0.3) is 10.0 Å². The minimum atomic E-state index is -3.63. The number of hydrogen-bond donors (Lipinski definition) is 2. The average molecular weight is 297 g/mol. The third-order valence-electron chi connectivity index (χ3n) is 2.85. The number of sulfonamides is 1. The minimum Gasteiger partial charge on any atom is -0.385 e. The van der Waals surface area contributed by atoms with E-state index >= 15 is 0 Å². The molecule has 1 aliphatic heterocycles. The van der Waals surface area contributed by atoms with Gasteiger partial charge in [0.1, 0.15) is 0 Å². The Morgan fingerprint density at radius 1 is 1.37 bits per heavy atom. The predicted molar refractivity (Wildman–Crippen MR) is 71.8 cm³/mol. The highest BCUT2D eigenvalue weighted by Gasteiger charge is 2.19. The molecule has 7 nitrogen and oxygen atoms in total. The molecule has 1 aliphatic rings. The zero-order valence-corrected chi connectivity index (χ0v) is 11.5. The second-order valence-electron chi connectivity index (χ2n) is 4.12. The predicted octanol–water partition coefficient (Wildman–Crippen LogP) is 1.09. The fourth-order valence-electron chi connectivity index (χ4n) is 1.97. The van der Waals surface area contributed by atoms with Crippen molar-refractivity contribution in [3.63, 3.8) is 0 Å². The summed E-state index contributed by atoms with van der Waals surface area (Å²) < 4.78 is 30.2. The second-order valence-corrected chi connectivity index (χ2v) is 6.54. The van der Waals surface area contributed by atoms with Gasteiger partial charge in [-0.05, 0) is 41.8 Å². The smallest absolute Gasteiger partial charge is 0.263 e. The van der Waals surface area contributed by atoms with E-state index in [4.69, 9.17) is 0 Å². The number of nitrogens with zero attached hydrogens (tertiary/aromatic N) is 3. The number of aromatic nitrogens is 3. The zero-order chi connectivity index (χ0) is 13.3. The van der Waals surface area contributed by atoms with Crippen molar-refractivity contribution in [2.45, 2.75) is 17.7 Å². The van der Waals surface area contributed by atoms with Crippen LogP contribution in [0.15, 0.2) is 23.1 Å². The van der Waals surface area contributed by atoms with E-state index in [9.17, 15) is 8.42 Å². The van der Waals surface area contributed by atoms with E-state index in [1.165, 1.54) is 0 Å². The third kappa shape index (κ3) is 2.51. The van der Waals surface area contributed by atoms with Crippen LogP contribution in [0.2, 0.25) is 0 Å². The Morgan fingerprint density at radius 3 is 3.05 bits per heavy atom. The first-order valence-corrected chi connectivity index (χ1v) is 7.95. The van der Waals surface area contributed by atoms with Crippen LogP contribution >= 0.6 is 11.5 Å². The average Bonchev–Trinajstić information content (AvgIpc) is 2.90. The van der Waals surface area contributed by atoms with Crippen molar-refractivity contribution < 1.29 is 8.42 Å². The van der Waals surface area contributed by atoms with Crippen LogP contribution in [-0.4, -0.2) is 29.8 Å². The fourth-order valence-corrected chi connectivity index (χ4v) is 3.60. The summed E-state index contributed by atoms with van der Waals surface area (Å²) in [6, 6.07) is 5.06. The van der Waals surface area contributed by atoms with E-state index < -0.39 is 10.0 Å². The maximum absolute atomic E-state index is 12.2. The Hall–Kier alpha value is -1.74. The molecule has 0 aliphatic carbocycles. The molecule has 0 bridgehead atoms. The molecule has 0 atom stereocenters. The summed E-state index contributed by atoms with van der Waals surface area (Å²) in [5.41, 5.74) is 2.02. The highest BCUT2D eigenvalue weighted by molar-refractivity contribution is 7.93. The molecule has 0 fully saturated rings. The molecule has 3 rings (SSSR count). The van der Waals surface area contributed by atoms with Gasteiger partial charge in [-0.15, -0.1) is 0 Å². The number of rotatable bonds is 3. The van der Waals surface area contributed by atoms with Gasteiger partial charge < -0.3 is 5.32 Å². The molecule has 2 aromatic rings. The molecule has 0 radical (unpaired) electrons. The summed E-state index contributed by atoms with van der Waals surface area (Å²) >= 11 is 0.898. The van der Waals surface area contributed by atoms with Gasteiger partial charge in [0.2, 0.25) is 5.13 Å². The molecular weight excluding hydrogens is 286 g/mol. The Labute approximate surface area is 114 Å². The summed E-state index contributed by atoms with van der Waals surface area (Å²) in [7, 11) is -3.63. The monoisotopic (exact) mass is 297 g/mol. The van der Waals surface area contributed by atoms with Crippen molar-refractivity contribution in [2.75, 3.05) is 16.6 Å². The van der Waals surface area contributed by atoms with Gasteiger partial charge in [-0.3, -0.25) is 4.72 Å². The van der Waals surface area contributed by atoms with Gasteiger partial charge in [-0.2, -0.15) is 0 Å². The van der Waals surface area contributed by atoms with Crippen molar-refractivity contribution in [1.29, 1.82) is 0 Å². The lowest BCUT2D eigenvalue weighted by molar-refractivity contribution is 0.601. The number of anilines is 2.